The lowest BCUT2D eigenvalue weighted by molar-refractivity contribution is -0.184. The lowest BCUT2D eigenvalue weighted by Crippen LogP contribution is -2.46. The van der Waals surface area contributed by atoms with Crippen molar-refractivity contribution in [3.63, 3.8) is 0 Å². The van der Waals surface area contributed by atoms with E-state index in [4.69, 9.17) is 13.9 Å². The van der Waals surface area contributed by atoms with Crippen LogP contribution in [0.4, 0.5) is 19.1 Å². The van der Waals surface area contributed by atoms with Gasteiger partial charge in [0.2, 0.25) is 11.8 Å². The van der Waals surface area contributed by atoms with Crippen LogP contribution in [0, 0.1) is 11.8 Å². The van der Waals surface area contributed by atoms with Crippen molar-refractivity contribution in [2.45, 2.75) is 51.2 Å². The summed E-state index contributed by atoms with van der Waals surface area (Å²) >= 11 is 3.14. The van der Waals surface area contributed by atoms with E-state index in [0.717, 1.165) is 0 Å². The van der Waals surface area contributed by atoms with Crippen molar-refractivity contribution >= 4 is 39.5 Å². The zero-order valence-corrected chi connectivity index (χ0v) is 22.5. The molecule has 1 aliphatic carbocycles. The lowest BCUT2D eigenvalue weighted by Gasteiger charge is -2.34. The van der Waals surface area contributed by atoms with Gasteiger partial charge >= 0.3 is 12.1 Å². The summed E-state index contributed by atoms with van der Waals surface area (Å²) in [5.74, 6) is -2.92. The summed E-state index contributed by atoms with van der Waals surface area (Å²) < 4.78 is 56.5. The van der Waals surface area contributed by atoms with Crippen molar-refractivity contribution in [2.24, 2.45) is 11.8 Å². The average molecular weight is 600 g/mol. The summed E-state index contributed by atoms with van der Waals surface area (Å²) in [5, 5.41) is 0.176. The van der Waals surface area contributed by atoms with Crippen LogP contribution in [-0.2, 0) is 14.3 Å². The molecule has 1 amide bonds. The van der Waals surface area contributed by atoms with E-state index in [9.17, 15) is 27.6 Å². The fourth-order valence-corrected chi connectivity index (χ4v) is 5.31. The molecule has 0 N–H and O–H groups in total. The fourth-order valence-electron chi connectivity index (χ4n) is 4.99. The van der Waals surface area contributed by atoms with Crippen molar-refractivity contribution in [1.29, 1.82) is 0 Å². The van der Waals surface area contributed by atoms with Gasteiger partial charge in [0.05, 0.1) is 30.5 Å². The number of halogens is 4. The SMILES string of the molecule is CCOC(=O)c1cc(-c2ccc(C(=O)CBr)cc2)oc1N(C(=O)C1CCC(C(F)(F)F)CC1)C1CCOC1. The molecule has 38 heavy (non-hydrogen) atoms. The van der Waals surface area contributed by atoms with Gasteiger partial charge in [-0.1, -0.05) is 40.2 Å². The van der Waals surface area contributed by atoms with Crippen LogP contribution in [0.3, 0.4) is 0 Å². The molecule has 0 radical (unpaired) electrons. The molecule has 1 aliphatic heterocycles. The highest BCUT2D eigenvalue weighted by Crippen LogP contribution is 2.42. The monoisotopic (exact) mass is 599 g/mol. The van der Waals surface area contributed by atoms with E-state index < -0.39 is 30.0 Å². The Morgan fingerprint density at radius 2 is 1.76 bits per heavy atom. The Kier molecular flexibility index (Phi) is 8.97. The van der Waals surface area contributed by atoms with Gasteiger partial charge in [0.1, 0.15) is 11.3 Å². The fraction of sp³-hybridized carbons (Fsp3) is 0.519. The molecule has 2 aromatic rings. The van der Waals surface area contributed by atoms with Crippen LogP contribution in [-0.4, -0.2) is 55.0 Å². The number of furan rings is 1. The van der Waals surface area contributed by atoms with Gasteiger partial charge in [-0.3, -0.25) is 14.5 Å². The summed E-state index contributed by atoms with van der Waals surface area (Å²) in [6.45, 7) is 2.38. The van der Waals surface area contributed by atoms with Crippen LogP contribution in [0.2, 0.25) is 0 Å². The summed E-state index contributed by atoms with van der Waals surface area (Å²) in [6.07, 6.45) is -3.85. The van der Waals surface area contributed by atoms with Crippen LogP contribution in [0.1, 0.15) is 59.7 Å². The zero-order valence-electron chi connectivity index (χ0n) is 20.9. The number of rotatable bonds is 8. The van der Waals surface area contributed by atoms with Gasteiger partial charge in [-0.15, -0.1) is 0 Å². The van der Waals surface area contributed by atoms with Crippen LogP contribution in [0.5, 0.6) is 0 Å². The Morgan fingerprint density at radius 1 is 1.08 bits per heavy atom. The van der Waals surface area contributed by atoms with Crippen molar-refractivity contribution in [1.82, 2.24) is 0 Å². The van der Waals surface area contributed by atoms with Gasteiger partial charge in [0.15, 0.2) is 5.78 Å². The number of hydrogen-bond acceptors (Lipinski definition) is 6. The van der Waals surface area contributed by atoms with Gasteiger partial charge in [0, 0.05) is 29.7 Å². The molecule has 2 fully saturated rings. The molecular weight excluding hydrogens is 571 g/mol. The number of anilines is 1. The van der Waals surface area contributed by atoms with Gasteiger partial charge in [-0.05, 0) is 39.0 Å². The Hall–Kier alpha value is -2.66. The largest absolute Gasteiger partial charge is 0.462 e. The zero-order chi connectivity index (χ0) is 27.4. The Balaban J connectivity index is 1.69. The van der Waals surface area contributed by atoms with Crippen LogP contribution < -0.4 is 4.90 Å². The minimum atomic E-state index is -4.28. The number of carbonyl (C=O) groups excluding carboxylic acids is 3. The molecule has 1 atom stereocenters. The van der Waals surface area contributed by atoms with Crippen molar-refractivity contribution in [3.8, 4) is 11.3 Å². The maximum absolute atomic E-state index is 13.8. The topological polar surface area (TPSA) is 86.1 Å². The average Bonchev–Trinajstić information content (AvgIpc) is 3.59. The first-order valence-corrected chi connectivity index (χ1v) is 13.7. The summed E-state index contributed by atoms with van der Waals surface area (Å²) in [6, 6.07) is 7.68. The number of ether oxygens (including phenoxy) is 2. The Labute approximate surface area is 226 Å². The van der Waals surface area contributed by atoms with Crippen molar-refractivity contribution in [3.05, 3.63) is 41.5 Å². The van der Waals surface area contributed by atoms with Crippen LogP contribution in [0.15, 0.2) is 34.7 Å². The van der Waals surface area contributed by atoms with Gasteiger partial charge in [0.25, 0.3) is 0 Å². The highest BCUT2D eigenvalue weighted by Gasteiger charge is 2.45. The molecule has 7 nitrogen and oxygen atoms in total. The predicted molar refractivity (Wildman–Crippen MR) is 136 cm³/mol. The first-order chi connectivity index (χ1) is 18.1. The number of ketones is 1. The second kappa shape index (κ2) is 12.0. The standard InChI is InChI=1S/C27H29BrF3NO6/c1-2-37-26(35)21-13-23(17-5-3-16(4-6-17)22(33)14-28)38-25(21)32(20-11-12-36-15-20)24(34)18-7-9-19(10-8-18)27(29,30)31/h3-6,13,18-20H,2,7-12,14-15H2,1H3. The lowest BCUT2D eigenvalue weighted by atomic mass is 9.81. The molecule has 0 bridgehead atoms. The van der Waals surface area contributed by atoms with E-state index in [1.807, 2.05) is 0 Å². The first kappa shape index (κ1) is 28.4. The molecule has 1 aromatic heterocycles. The van der Waals surface area contributed by atoms with E-state index in [-0.39, 0.29) is 67.4 Å². The quantitative estimate of drug-likeness (QED) is 0.204. The number of amides is 1. The predicted octanol–water partition coefficient (Wildman–Crippen LogP) is 6.19. The molecule has 11 heteroatoms. The molecule has 0 spiro atoms. The maximum atomic E-state index is 13.8. The molecule has 2 aliphatic rings. The molecule has 2 heterocycles. The molecule has 1 saturated carbocycles. The van der Waals surface area contributed by atoms with E-state index in [1.165, 1.54) is 11.0 Å². The molecule has 1 unspecified atom stereocenters. The first-order valence-electron chi connectivity index (χ1n) is 12.6. The van der Waals surface area contributed by atoms with E-state index >= 15 is 0 Å². The number of esters is 1. The van der Waals surface area contributed by atoms with Gasteiger partial charge < -0.3 is 13.9 Å². The number of Topliss-reactive ketones (excluding diaryl/α,β-unsaturated/α-hetero) is 1. The van der Waals surface area contributed by atoms with Crippen LogP contribution >= 0.6 is 15.9 Å². The van der Waals surface area contributed by atoms with E-state index in [2.05, 4.69) is 15.9 Å². The third-order valence-corrected chi connectivity index (χ3v) is 7.60. The Morgan fingerprint density at radius 3 is 2.32 bits per heavy atom. The minimum absolute atomic E-state index is 0.00231. The van der Waals surface area contributed by atoms with Gasteiger partial charge in [-0.2, -0.15) is 13.2 Å². The number of carbonyl (C=O) groups is 3. The maximum Gasteiger partial charge on any atom is 0.391 e. The van der Waals surface area contributed by atoms with Crippen molar-refractivity contribution in [2.75, 3.05) is 30.1 Å². The highest BCUT2D eigenvalue weighted by molar-refractivity contribution is 9.09. The second-order valence-corrected chi connectivity index (χ2v) is 10.1. The van der Waals surface area contributed by atoms with Crippen LogP contribution in [0.25, 0.3) is 11.3 Å². The minimum Gasteiger partial charge on any atom is -0.462 e. The summed E-state index contributed by atoms with van der Waals surface area (Å²) in [7, 11) is 0. The van der Waals surface area contributed by atoms with E-state index in [0.29, 0.717) is 29.9 Å². The third kappa shape index (κ3) is 6.14. The highest BCUT2D eigenvalue weighted by atomic mass is 79.9. The van der Waals surface area contributed by atoms with E-state index in [1.54, 1.807) is 31.2 Å². The molecule has 4 rings (SSSR count). The molecule has 1 saturated heterocycles. The number of hydrogen-bond donors (Lipinski definition) is 0. The number of benzene rings is 1. The Bertz CT molecular complexity index is 1150. The third-order valence-electron chi connectivity index (χ3n) is 7.09. The molecule has 206 valence electrons. The second-order valence-electron chi connectivity index (χ2n) is 9.50. The molecule has 1 aromatic carbocycles. The number of nitrogens with zero attached hydrogens (tertiary/aromatic N) is 1. The normalized spacial score (nSPS) is 21.8. The summed E-state index contributed by atoms with van der Waals surface area (Å²) in [5.41, 5.74) is 1.12. The smallest absolute Gasteiger partial charge is 0.391 e. The van der Waals surface area contributed by atoms with Gasteiger partial charge in [-0.25, -0.2) is 4.79 Å². The molecular formula is C27H29BrF3NO6. The number of alkyl halides is 4. The van der Waals surface area contributed by atoms with Crippen molar-refractivity contribution < 1.29 is 41.4 Å². The summed E-state index contributed by atoms with van der Waals surface area (Å²) in [4.78, 5) is 40.1.